The van der Waals surface area contributed by atoms with Gasteiger partial charge in [0.1, 0.15) is 5.82 Å². The summed E-state index contributed by atoms with van der Waals surface area (Å²) in [6.07, 6.45) is 1.90. The van der Waals surface area contributed by atoms with Gasteiger partial charge in [-0.1, -0.05) is 0 Å². The first-order valence-corrected chi connectivity index (χ1v) is 5.47. The van der Waals surface area contributed by atoms with Gasteiger partial charge in [0, 0.05) is 5.69 Å². The van der Waals surface area contributed by atoms with Gasteiger partial charge in [-0.05, 0) is 50.1 Å². The summed E-state index contributed by atoms with van der Waals surface area (Å²) in [5.74, 6) is -0.291. The molecule has 0 aliphatic carbocycles. The zero-order valence-corrected chi connectivity index (χ0v) is 9.22. The van der Waals surface area contributed by atoms with E-state index in [1.54, 1.807) is 19.1 Å². The number of benzene rings is 1. The van der Waals surface area contributed by atoms with Gasteiger partial charge in [-0.2, -0.15) is 0 Å². The Balaban J connectivity index is 2.02. The Morgan fingerprint density at radius 2 is 2.38 bits per heavy atom. The standard InChI is InChI=1S/C12H15FN2O/c1-8-7-9(4-5-10(8)13)15-12(16)11-3-2-6-14-11/h4-5,7,11,14H,2-3,6H2,1H3,(H,15,16)/t11-/m1/s1. The van der Waals surface area contributed by atoms with Crippen LogP contribution in [0, 0.1) is 12.7 Å². The van der Waals surface area contributed by atoms with Crippen LogP contribution in [0.3, 0.4) is 0 Å². The van der Waals surface area contributed by atoms with Crippen molar-refractivity contribution in [1.29, 1.82) is 0 Å². The molecule has 0 bridgehead atoms. The lowest BCUT2D eigenvalue weighted by Crippen LogP contribution is -2.35. The maximum atomic E-state index is 13.0. The van der Waals surface area contributed by atoms with Crippen molar-refractivity contribution in [3.05, 3.63) is 29.6 Å². The first-order chi connectivity index (χ1) is 7.66. The van der Waals surface area contributed by atoms with Crippen LogP contribution in [0.2, 0.25) is 0 Å². The normalized spacial score (nSPS) is 19.8. The van der Waals surface area contributed by atoms with E-state index in [-0.39, 0.29) is 17.8 Å². The van der Waals surface area contributed by atoms with E-state index in [9.17, 15) is 9.18 Å². The van der Waals surface area contributed by atoms with E-state index in [4.69, 9.17) is 0 Å². The largest absolute Gasteiger partial charge is 0.325 e. The van der Waals surface area contributed by atoms with Crippen molar-refractivity contribution in [2.75, 3.05) is 11.9 Å². The van der Waals surface area contributed by atoms with Crippen LogP contribution in [0.4, 0.5) is 10.1 Å². The molecule has 1 saturated heterocycles. The molecule has 1 heterocycles. The predicted molar refractivity (Wildman–Crippen MR) is 60.8 cm³/mol. The Labute approximate surface area is 94.0 Å². The molecule has 4 heteroatoms. The fourth-order valence-corrected chi connectivity index (χ4v) is 1.86. The van der Waals surface area contributed by atoms with Crippen LogP contribution >= 0.6 is 0 Å². The van der Waals surface area contributed by atoms with E-state index in [0.29, 0.717) is 11.3 Å². The van der Waals surface area contributed by atoms with Crippen LogP contribution < -0.4 is 10.6 Å². The summed E-state index contributed by atoms with van der Waals surface area (Å²) in [6.45, 7) is 2.57. The molecule has 1 fully saturated rings. The number of rotatable bonds is 2. The first kappa shape index (κ1) is 11.1. The summed E-state index contributed by atoms with van der Waals surface area (Å²) in [5, 5.41) is 5.90. The van der Waals surface area contributed by atoms with Gasteiger partial charge >= 0.3 is 0 Å². The second-order valence-corrected chi connectivity index (χ2v) is 4.10. The van der Waals surface area contributed by atoms with Gasteiger partial charge in [0.05, 0.1) is 6.04 Å². The fraction of sp³-hybridized carbons (Fsp3) is 0.417. The lowest BCUT2D eigenvalue weighted by atomic mass is 10.2. The third-order valence-corrected chi connectivity index (χ3v) is 2.80. The molecule has 0 aromatic heterocycles. The number of anilines is 1. The molecular formula is C12H15FN2O. The Bertz CT molecular complexity index is 400. The van der Waals surface area contributed by atoms with Crippen LogP contribution in [-0.2, 0) is 4.79 Å². The van der Waals surface area contributed by atoms with Crippen molar-refractivity contribution in [3.8, 4) is 0 Å². The van der Waals surface area contributed by atoms with Gasteiger partial charge < -0.3 is 10.6 Å². The molecule has 2 rings (SSSR count). The second kappa shape index (κ2) is 4.61. The fourth-order valence-electron chi connectivity index (χ4n) is 1.86. The molecule has 1 aliphatic heterocycles. The topological polar surface area (TPSA) is 41.1 Å². The molecule has 0 radical (unpaired) electrons. The van der Waals surface area contributed by atoms with E-state index in [0.717, 1.165) is 19.4 Å². The van der Waals surface area contributed by atoms with Crippen LogP contribution in [0.15, 0.2) is 18.2 Å². The van der Waals surface area contributed by atoms with Crippen molar-refractivity contribution >= 4 is 11.6 Å². The van der Waals surface area contributed by atoms with Crippen molar-refractivity contribution in [1.82, 2.24) is 5.32 Å². The van der Waals surface area contributed by atoms with Crippen molar-refractivity contribution in [2.45, 2.75) is 25.8 Å². The second-order valence-electron chi connectivity index (χ2n) is 4.10. The van der Waals surface area contributed by atoms with E-state index < -0.39 is 0 Å². The SMILES string of the molecule is Cc1cc(NC(=O)[C@H]2CCCN2)ccc1F. The van der Waals surface area contributed by atoms with Crippen molar-refractivity contribution in [3.63, 3.8) is 0 Å². The molecule has 1 aromatic carbocycles. The third-order valence-electron chi connectivity index (χ3n) is 2.80. The van der Waals surface area contributed by atoms with Crippen LogP contribution in [0.25, 0.3) is 0 Å². The number of amides is 1. The zero-order valence-electron chi connectivity index (χ0n) is 9.22. The summed E-state index contributed by atoms with van der Waals surface area (Å²) >= 11 is 0. The van der Waals surface area contributed by atoms with Gasteiger partial charge in [-0.25, -0.2) is 4.39 Å². The molecule has 1 amide bonds. The highest BCUT2D eigenvalue weighted by molar-refractivity contribution is 5.95. The molecular weight excluding hydrogens is 207 g/mol. The number of aryl methyl sites for hydroxylation is 1. The maximum Gasteiger partial charge on any atom is 0.241 e. The lowest BCUT2D eigenvalue weighted by molar-refractivity contribution is -0.117. The van der Waals surface area contributed by atoms with Gasteiger partial charge in [0.25, 0.3) is 0 Å². The average molecular weight is 222 g/mol. The Hall–Kier alpha value is -1.42. The molecule has 1 aliphatic rings. The Kier molecular flexibility index (Phi) is 3.19. The van der Waals surface area contributed by atoms with E-state index in [1.165, 1.54) is 6.07 Å². The lowest BCUT2D eigenvalue weighted by Gasteiger charge is -2.11. The smallest absolute Gasteiger partial charge is 0.241 e. The van der Waals surface area contributed by atoms with E-state index in [2.05, 4.69) is 10.6 Å². The van der Waals surface area contributed by atoms with E-state index in [1.807, 2.05) is 0 Å². The molecule has 1 aromatic rings. The summed E-state index contributed by atoms with van der Waals surface area (Å²) in [5.41, 5.74) is 1.19. The highest BCUT2D eigenvalue weighted by Crippen LogP contribution is 2.15. The van der Waals surface area contributed by atoms with Crippen LogP contribution in [0.5, 0.6) is 0 Å². The average Bonchev–Trinajstić information content (AvgIpc) is 2.77. The minimum atomic E-state index is -0.253. The predicted octanol–water partition coefficient (Wildman–Crippen LogP) is 1.82. The summed E-state index contributed by atoms with van der Waals surface area (Å²) in [7, 11) is 0. The van der Waals surface area contributed by atoms with Crippen molar-refractivity contribution in [2.24, 2.45) is 0 Å². The van der Waals surface area contributed by atoms with Gasteiger partial charge in [-0.3, -0.25) is 4.79 Å². The van der Waals surface area contributed by atoms with Gasteiger partial charge in [0.2, 0.25) is 5.91 Å². The number of halogens is 1. The Morgan fingerprint density at radius 1 is 1.56 bits per heavy atom. The van der Waals surface area contributed by atoms with Crippen LogP contribution in [0.1, 0.15) is 18.4 Å². The monoisotopic (exact) mass is 222 g/mol. The molecule has 3 nitrogen and oxygen atoms in total. The molecule has 1 atom stereocenters. The first-order valence-electron chi connectivity index (χ1n) is 5.47. The molecule has 0 saturated carbocycles. The highest BCUT2D eigenvalue weighted by atomic mass is 19.1. The van der Waals surface area contributed by atoms with Crippen LogP contribution in [-0.4, -0.2) is 18.5 Å². The molecule has 2 N–H and O–H groups in total. The van der Waals surface area contributed by atoms with Gasteiger partial charge in [0.15, 0.2) is 0 Å². The summed E-state index contributed by atoms with van der Waals surface area (Å²) in [6, 6.07) is 4.48. The number of hydrogen-bond donors (Lipinski definition) is 2. The number of carbonyl (C=O) groups is 1. The van der Waals surface area contributed by atoms with Crippen molar-refractivity contribution < 1.29 is 9.18 Å². The number of carbonyl (C=O) groups excluding carboxylic acids is 1. The maximum absolute atomic E-state index is 13.0. The zero-order chi connectivity index (χ0) is 11.5. The van der Waals surface area contributed by atoms with Gasteiger partial charge in [-0.15, -0.1) is 0 Å². The minimum absolute atomic E-state index is 0.0384. The number of nitrogens with one attached hydrogen (secondary N) is 2. The third kappa shape index (κ3) is 2.39. The summed E-state index contributed by atoms with van der Waals surface area (Å²) < 4.78 is 13.0. The molecule has 0 unspecified atom stereocenters. The quantitative estimate of drug-likeness (QED) is 0.801. The molecule has 16 heavy (non-hydrogen) atoms. The minimum Gasteiger partial charge on any atom is -0.325 e. The molecule has 0 spiro atoms. The summed E-state index contributed by atoms with van der Waals surface area (Å²) in [4.78, 5) is 11.7. The molecule has 86 valence electrons. The van der Waals surface area contributed by atoms with E-state index >= 15 is 0 Å². The Morgan fingerprint density at radius 3 is 3.00 bits per heavy atom. The highest BCUT2D eigenvalue weighted by Gasteiger charge is 2.21. The number of hydrogen-bond acceptors (Lipinski definition) is 2.